The molecular formula is C23H29N3O4S. The van der Waals surface area contributed by atoms with Crippen LogP contribution >= 0.6 is 11.8 Å². The fourth-order valence-electron chi connectivity index (χ4n) is 3.63. The van der Waals surface area contributed by atoms with Crippen molar-refractivity contribution in [3.63, 3.8) is 0 Å². The highest BCUT2D eigenvalue weighted by atomic mass is 32.2. The lowest BCUT2D eigenvalue weighted by atomic mass is 9.94. The summed E-state index contributed by atoms with van der Waals surface area (Å²) in [6, 6.07) is 7.19. The standard InChI is InChI=1S/C23H29N3O4S/c1-15-7-9-16(10-8-15)14-18-20(28)26(22(30)31-18)13-11-24-19(27)17-6-5-12-25(17)21(29)23(2,3)4/h7-10,14,17H,5-6,11-13H2,1-4H3,(H,24,27)/b18-14-. The van der Waals surface area contributed by atoms with Crippen LogP contribution < -0.4 is 5.32 Å². The summed E-state index contributed by atoms with van der Waals surface area (Å²) in [6.45, 7) is 8.33. The van der Waals surface area contributed by atoms with Gasteiger partial charge in [-0.1, -0.05) is 50.6 Å². The summed E-state index contributed by atoms with van der Waals surface area (Å²) in [5.74, 6) is -0.634. The number of benzene rings is 1. The molecule has 1 N–H and O–H groups in total. The predicted molar refractivity (Wildman–Crippen MR) is 121 cm³/mol. The Morgan fingerprint density at radius 3 is 2.52 bits per heavy atom. The molecule has 0 bridgehead atoms. The molecule has 1 unspecified atom stereocenters. The summed E-state index contributed by atoms with van der Waals surface area (Å²) >= 11 is 0.905. The topological polar surface area (TPSA) is 86.8 Å². The highest BCUT2D eigenvalue weighted by Crippen LogP contribution is 2.32. The Morgan fingerprint density at radius 2 is 1.87 bits per heavy atom. The van der Waals surface area contributed by atoms with Gasteiger partial charge in [-0.15, -0.1) is 0 Å². The summed E-state index contributed by atoms with van der Waals surface area (Å²) < 4.78 is 0. The Balaban J connectivity index is 1.56. The molecule has 2 heterocycles. The molecule has 3 rings (SSSR count). The van der Waals surface area contributed by atoms with Crippen molar-refractivity contribution in [2.24, 2.45) is 5.41 Å². The van der Waals surface area contributed by atoms with Gasteiger partial charge >= 0.3 is 0 Å². The van der Waals surface area contributed by atoms with Crippen molar-refractivity contribution in [1.29, 1.82) is 0 Å². The number of nitrogens with zero attached hydrogens (tertiary/aromatic N) is 2. The van der Waals surface area contributed by atoms with E-state index in [0.717, 1.165) is 34.2 Å². The van der Waals surface area contributed by atoms with E-state index < -0.39 is 11.5 Å². The van der Waals surface area contributed by atoms with Crippen LogP contribution in [0.4, 0.5) is 4.79 Å². The van der Waals surface area contributed by atoms with Crippen LogP contribution in [0.1, 0.15) is 44.7 Å². The van der Waals surface area contributed by atoms with Gasteiger partial charge in [0.25, 0.3) is 11.1 Å². The first-order chi connectivity index (χ1) is 14.6. The largest absolute Gasteiger partial charge is 0.353 e. The second-order valence-corrected chi connectivity index (χ2v) is 9.93. The van der Waals surface area contributed by atoms with Crippen molar-refractivity contribution in [2.75, 3.05) is 19.6 Å². The van der Waals surface area contributed by atoms with Gasteiger partial charge in [0, 0.05) is 25.0 Å². The van der Waals surface area contributed by atoms with Crippen molar-refractivity contribution >= 4 is 40.8 Å². The van der Waals surface area contributed by atoms with Crippen molar-refractivity contribution < 1.29 is 19.2 Å². The van der Waals surface area contributed by atoms with Gasteiger partial charge in [-0.25, -0.2) is 0 Å². The van der Waals surface area contributed by atoms with Gasteiger partial charge in [-0.05, 0) is 43.2 Å². The monoisotopic (exact) mass is 443 g/mol. The number of thioether (sulfide) groups is 1. The highest BCUT2D eigenvalue weighted by molar-refractivity contribution is 8.18. The lowest BCUT2D eigenvalue weighted by Gasteiger charge is -2.30. The Kier molecular flexibility index (Phi) is 6.89. The molecule has 166 valence electrons. The fraction of sp³-hybridized carbons (Fsp3) is 0.478. The summed E-state index contributed by atoms with van der Waals surface area (Å²) in [5.41, 5.74) is 1.43. The molecule has 2 aliphatic heterocycles. The number of likely N-dealkylation sites (tertiary alicyclic amines) is 1. The van der Waals surface area contributed by atoms with E-state index in [9.17, 15) is 19.2 Å². The van der Waals surface area contributed by atoms with Crippen LogP contribution in [0.25, 0.3) is 6.08 Å². The number of hydrogen-bond acceptors (Lipinski definition) is 5. The molecule has 2 fully saturated rings. The van der Waals surface area contributed by atoms with Crippen molar-refractivity contribution in [3.8, 4) is 0 Å². The zero-order valence-electron chi connectivity index (χ0n) is 18.4. The van der Waals surface area contributed by atoms with Gasteiger partial charge in [-0.3, -0.25) is 24.1 Å². The van der Waals surface area contributed by atoms with Crippen LogP contribution in [0.5, 0.6) is 0 Å². The number of amides is 4. The van der Waals surface area contributed by atoms with E-state index in [0.29, 0.717) is 17.9 Å². The normalized spacial score (nSPS) is 20.6. The molecule has 0 spiro atoms. The zero-order chi connectivity index (χ0) is 22.8. The molecule has 0 radical (unpaired) electrons. The van der Waals surface area contributed by atoms with Crippen molar-refractivity contribution in [3.05, 3.63) is 40.3 Å². The van der Waals surface area contributed by atoms with E-state index >= 15 is 0 Å². The zero-order valence-corrected chi connectivity index (χ0v) is 19.3. The maximum Gasteiger partial charge on any atom is 0.293 e. The second kappa shape index (κ2) is 9.26. The molecule has 31 heavy (non-hydrogen) atoms. The molecule has 1 aromatic rings. The SMILES string of the molecule is Cc1ccc(/C=C2\SC(=O)N(CCNC(=O)C3CCCN3C(=O)C(C)(C)C)C2=O)cc1. The summed E-state index contributed by atoms with van der Waals surface area (Å²) in [7, 11) is 0. The van der Waals surface area contributed by atoms with E-state index in [-0.39, 0.29) is 36.1 Å². The molecule has 1 atom stereocenters. The third-order valence-corrected chi connectivity index (χ3v) is 6.25. The van der Waals surface area contributed by atoms with Crippen molar-refractivity contribution in [2.45, 2.75) is 46.6 Å². The molecular weight excluding hydrogens is 414 g/mol. The molecule has 0 aliphatic carbocycles. The average Bonchev–Trinajstić information content (AvgIpc) is 3.29. The lowest BCUT2D eigenvalue weighted by Crippen LogP contribution is -2.50. The Morgan fingerprint density at radius 1 is 1.19 bits per heavy atom. The summed E-state index contributed by atoms with van der Waals surface area (Å²) in [4.78, 5) is 53.3. The number of rotatable bonds is 5. The van der Waals surface area contributed by atoms with Crippen molar-refractivity contribution in [1.82, 2.24) is 15.1 Å². The number of carbonyl (C=O) groups excluding carboxylic acids is 4. The molecule has 0 saturated carbocycles. The molecule has 4 amide bonds. The summed E-state index contributed by atoms with van der Waals surface area (Å²) in [5, 5.41) is 2.45. The van der Waals surface area contributed by atoms with Gasteiger partial charge in [0.2, 0.25) is 11.8 Å². The molecule has 7 nitrogen and oxygen atoms in total. The van der Waals surface area contributed by atoms with Crippen LogP contribution in [0.15, 0.2) is 29.2 Å². The van der Waals surface area contributed by atoms with E-state index in [1.165, 1.54) is 0 Å². The first-order valence-corrected chi connectivity index (χ1v) is 11.3. The van der Waals surface area contributed by atoms with Gasteiger partial charge in [0.15, 0.2) is 0 Å². The van der Waals surface area contributed by atoms with Gasteiger partial charge in [-0.2, -0.15) is 0 Å². The number of hydrogen-bond donors (Lipinski definition) is 1. The minimum Gasteiger partial charge on any atom is -0.353 e. The van der Waals surface area contributed by atoms with Crippen LogP contribution in [0, 0.1) is 12.3 Å². The van der Waals surface area contributed by atoms with Crippen LogP contribution in [-0.2, 0) is 14.4 Å². The second-order valence-electron chi connectivity index (χ2n) is 8.94. The Labute approximate surface area is 187 Å². The fourth-order valence-corrected chi connectivity index (χ4v) is 4.49. The summed E-state index contributed by atoms with van der Waals surface area (Å²) in [6.07, 6.45) is 3.11. The Hall–Kier alpha value is -2.61. The third kappa shape index (κ3) is 5.36. The maximum absolute atomic E-state index is 12.6. The van der Waals surface area contributed by atoms with Crippen LogP contribution in [0.3, 0.4) is 0 Å². The molecule has 2 aliphatic rings. The lowest BCUT2D eigenvalue weighted by molar-refractivity contribution is -0.144. The quantitative estimate of drug-likeness (QED) is 0.707. The van der Waals surface area contributed by atoms with Gasteiger partial charge in [0.05, 0.1) is 4.91 Å². The van der Waals surface area contributed by atoms with Crippen LogP contribution in [-0.4, -0.2) is 58.4 Å². The van der Waals surface area contributed by atoms with Gasteiger partial charge < -0.3 is 10.2 Å². The van der Waals surface area contributed by atoms with E-state index in [1.54, 1.807) is 11.0 Å². The number of imide groups is 1. The van der Waals surface area contributed by atoms with E-state index in [1.807, 2.05) is 52.0 Å². The predicted octanol–water partition coefficient (Wildman–Crippen LogP) is 3.18. The molecule has 1 aromatic carbocycles. The molecule has 2 saturated heterocycles. The molecule has 0 aromatic heterocycles. The number of carbonyl (C=O) groups is 4. The Bertz CT molecular complexity index is 918. The van der Waals surface area contributed by atoms with E-state index in [4.69, 9.17) is 0 Å². The van der Waals surface area contributed by atoms with E-state index in [2.05, 4.69) is 5.32 Å². The molecule has 8 heteroatoms. The minimum atomic E-state index is -0.547. The smallest absolute Gasteiger partial charge is 0.293 e. The third-order valence-electron chi connectivity index (χ3n) is 5.34. The first kappa shape index (κ1) is 23.1. The first-order valence-electron chi connectivity index (χ1n) is 10.5. The highest BCUT2D eigenvalue weighted by Gasteiger charge is 2.39. The average molecular weight is 444 g/mol. The van der Waals surface area contributed by atoms with Gasteiger partial charge in [0.1, 0.15) is 6.04 Å². The minimum absolute atomic E-state index is 0.0441. The number of nitrogens with one attached hydrogen (secondary N) is 1. The maximum atomic E-state index is 12.6. The number of aryl methyl sites for hydroxylation is 1. The van der Waals surface area contributed by atoms with Crippen LogP contribution in [0.2, 0.25) is 0 Å².